The third-order valence-corrected chi connectivity index (χ3v) is 5.13. The highest BCUT2D eigenvalue weighted by molar-refractivity contribution is 5.94. The highest BCUT2D eigenvalue weighted by atomic mass is 16.2. The maximum absolute atomic E-state index is 13.2. The van der Waals surface area contributed by atoms with Gasteiger partial charge in [0, 0.05) is 39.4 Å². The van der Waals surface area contributed by atoms with Crippen LogP contribution in [0.15, 0.2) is 42.7 Å². The molecule has 1 saturated heterocycles. The number of aryl methyl sites for hydroxylation is 2. The van der Waals surface area contributed by atoms with E-state index in [1.807, 2.05) is 24.9 Å². The Morgan fingerprint density at radius 2 is 2.04 bits per heavy atom. The lowest BCUT2D eigenvalue weighted by Crippen LogP contribution is -2.37. The maximum atomic E-state index is 13.2. The van der Waals surface area contributed by atoms with Gasteiger partial charge < -0.3 is 4.90 Å². The van der Waals surface area contributed by atoms with E-state index in [1.54, 1.807) is 17.1 Å². The Labute approximate surface area is 164 Å². The second-order valence-corrected chi connectivity index (χ2v) is 7.25. The van der Waals surface area contributed by atoms with Crippen LogP contribution in [0.4, 0.5) is 0 Å². The van der Waals surface area contributed by atoms with Gasteiger partial charge in [0.15, 0.2) is 5.82 Å². The number of hydrogen-bond donors (Lipinski definition) is 1. The molecule has 3 aromatic rings. The van der Waals surface area contributed by atoms with E-state index < -0.39 is 0 Å². The van der Waals surface area contributed by atoms with Gasteiger partial charge in [-0.05, 0) is 18.9 Å². The average Bonchev–Trinajstić information content (AvgIpc) is 3.26. The van der Waals surface area contributed by atoms with Crippen molar-refractivity contribution in [2.75, 3.05) is 19.6 Å². The Hall–Kier alpha value is -3.00. The molecule has 0 bridgehead atoms. The predicted octanol–water partition coefficient (Wildman–Crippen LogP) is 1.94. The molecule has 1 aliphatic heterocycles. The van der Waals surface area contributed by atoms with Gasteiger partial charge in [-0.3, -0.25) is 19.5 Å². The first-order valence-corrected chi connectivity index (χ1v) is 9.55. The molecular weight excluding hydrogens is 354 g/mol. The molecule has 0 spiro atoms. The summed E-state index contributed by atoms with van der Waals surface area (Å²) < 4.78 is 1.65. The topological polar surface area (TPSA) is 82.9 Å². The van der Waals surface area contributed by atoms with Crippen LogP contribution in [0.5, 0.6) is 0 Å². The van der Waals surface area contributed by atoms with Crippen molar-refractivity contribution in [2.24, 2.45) is 7.05 Å². The number of nitrogens with zero attached hydrogens (tertiary/aromatic N) is 6. The Kier molecular flexibility index (Phi) is 5.21. The molecule has 3 heterocycles. The summed E-state index contributed by atoms with van der Waals surface area (Å²) in [7, 11) is 1.82. The maximum Gasteiger partial charge on any atom is 0.257 e. The number of rotatable bonds is 4. The summed E-state index contributed by atoms with van der Waals surface area (Å²) in [5, 5.41) is 11.4. The van der Waals surface area contributed by atoms with Crippen molar-refractivity contribution < 1.29 is 4.79 Å². The van der Waals surface area contributed by atoms with Crippen LogP contribution in [0, 0.1) is 6.92 Å². The van der Waals surface area contributed by atoms with Gasteiger partial charge in [-0.1, -0.05) is 30.3 Å². The lowest BCUT2D eigenvalue weighted by Gasteiger charge is -2.27. The third-order valence-electron chi connectivity index (χ3n) is 5.13. The second-order valence-electron chi connectivity index (χ2n) is 7.25. The van der Waals surface area contributed by atoms with Gasteiger partial charge in [-0.2, -0.15) is 10.2 Å². The summed E-state index contributed by atoms with van der Waals surface area (Å²) in [5.41, 5.74) is 1.87. The molecule has 2 aromatic heterocycles. The first-order valence-electron chi connectivity index (χ1n) is 9.55. The molecule has 0 radical (unpaired) electrons. The number of carbonyl (C=O) groups is 1. The Morgan fingerprint density at radius 1 is 1.21 bits per heavy atom. The molecule has 8 heteroatoms. The quantitative estimate of drug-likeness (QED) is 0.749. The molecule has 1 unspecified atom stereocenters. The van der Waals surface area contributed by atoms with E-state index in [9.17, 15) is 4.79 Å². The van der Waals surface area contributed by atoms with Crippen LogP contribution in [0.25, 0.3) is 0 Å². The van der Waals surface area contributed by atoms with Crippen molar-refractivity contribution in [3.63, 3.8) is 0 Å². The van der Waals surface area contributed by atoms with Crippen LogP contribution in [-0.2, 0) is 13.6 Å². The minimum absolute atomic E-state index is 0.0258. The lowest BCUT2D eigenvalue weighted by atomic mass is 10.1. The van der Waals surface area contributed by atoms with E-state index in [0.29, 0.717) is 17.9 Å². The monoisotopic (exact) mass is 379 g/mol. The molecule has 0 aliphatic carbocycles. The molecular formula is C20H25N7O. The highest BCUT2D eigenvalue weighted by Crippen LogP contribution is 2.27. The zero-order valence-corrected chi connectivity index (χ0v) is 16.2. The standard InChI is InChI=1S/C20H25N7O/c1-15-22-19(24-23-15)18-8-9-26(13-16-6-4-3-5-7-16)10-11-27(18)20(28)17-12-21-25(2)14-17/h3-7,12,14,18H,8-11,13H2,1-2H3,(H,22,23,24). The Bertz CT molecular complexity index is 933. The molecule has 1 N–H and O–H groups in total. The number of benzene rings is 1. The van der Waals surface area contributed by atoms with Crippen LogP contribution in [-0.4, -0.2) is 60.3 Å². The summed E-state index contributed by atoms with van der Waals surface area (Å²) >= 11 is 0. The number of hydrogen-bond acceptors (Lipinski definition) is 5. The van der Waals surface area contributed by atoms with Crippen molar-refractivity contribution in [3.05, 3.63) is 65.5 Å². The molecule has 1 amide bonds. The fourth-order valence-electron chi connectivity index (χ4n) is 3.70. The van der Waals surface area contributed by atoms with Crippen LogP contribution in [0.1, 0.15) is 40.0 Å². The van der Waals surface area contributed by atoms with Crippen molar-refractivity contribution in [3.8, 4) is 0 Å². The highest BCUT2D eigenvalue weighted by Gasteiger charge is 2.32. The van der Waals surface area contributed by atoms with Gasteiger partial charge in [0.25, 0.3) is 5.91 Å². The SMILES string of the molecule is Cc1nc(C2CCN(Cc3ccccc3)CCN2C(=O)c2cnn(C)c2)n[nH]1. The minimum Gasteiger partial charge on any atom is -0.327 e. The third kappa shape index (κ3) is 3.96. The normalized spacial score (nSPS) is 18.2. The van der Waals surface area contributed by atoms with Gasteiger partial charge in [0.2, 0.25) is 0 Å². The summed E-state index contributed by atoms with van der Waals surface area (Å²) in [6, 6.07) is 10.3. The summed E-state index contributed by atoms with van der Waals surface area (Å²) in [5.74, 6) is 1.41. The molecule has 8 nitrogen and oxygen atoms in total. The Balaban J connectivity index is 1.57. The molecule has 28 heavy (non-hydrogen) atoms. The van der Waals surface area contributed by atoms with E-state index in [0.717, 1.165) is 31.9 Å². The van der Waals surface area contributed by atoms with Gasteiger partial charge in [-0.25, -0.2) is 4.98 Å². The Morgan fingerprint density at radius 3 is 2.71 bits per heavy atom. The smallest absolute Gasteiger partial charge is 0.257 e. The summed E-state index contributed by atoms with van der Waals surface area (Å²) in [6.45, 7) is 5.06. The first-order chi connectivity index (χ1) is 13.6. The van der Waals surface area contributed by atoms with Crippen LogP contribution in [0.3, 0.4) is 0 Å². The number of nitrogens with one attached hydrogen (secondary N) is 1. The van der Waals surface area contributed by atoms with Crippen molar-refractivity contribution in [1.82, 2.24) is 34.8 Å². The largest absolute Gasteiger partial charge is 0.327 e. The number of carbonyl (C=O) groups excluding carboxylic acids is 1. The van der Waals surface area contributed by atoms with E-state index in [2.05, 4.69) is 49.4 Å². The molecule has 1 aromatic carbocycles. The first kappa shape index (κ1) is 18.4. The van der Waals surface area contributed by atoms with Gasteiger partial charge in [-0.15, -0.1) is 0 Å². The number of amides is 1. The molecule has 0 saturated carbocycles. The van der Waals surface area contributed by atoms with E-state index in [-0.39, 0.29) is 11.9 Å². The molecule has 1 atom stereocenters. The molecule has 1 aliphatic rings. The van der Waals surface area contributed by atoms with Gasteiger partial charge in [0.1, 0.15) is 5.82 Å². The zero-order valence-electron chi connectivity index (χ0n) is 16.2. The number of aromatic nitrogens is 5. The zero-order chi connectivity index (χ0) is 19.5. The predicted molar refractivity (Wildman–Crippen MR) is 104 cm³/mol. The van der Waals surface area contributed by atoms with Crippen molar-refractivity contribution in [1.29, 1.82) is 0 Å². The van der Waals surface area contributed by atoms with E-state index in [1.165, 1.54) is 5.56 Å². The average molecular weight is 379 g/mol. The number of H-pyrrole nitrogens is 1. The molecule has 4 rings (SSSR count). The van der Waals surface area contributed by atoms with Crippen LogP contribution in [0.2, 0.25) is 0 Å². The molecule has 1 fully saturated rings. The fraction of sp³-hybridized carbons (Fsp3) is 0.400. The van der Waals surface area contributed by atoms with E-state index in [4.69, 9.17) is 0 Å². The molecule has 146 valence electrons. The summed E-state index contributed by atoms with van der Waals surface area (Å²) in [4.78, 5) is 22.0. The van der Waals surface area contributed by atoms with Crippen LogP contribution < -0.4 is 0 Å². The van der Waals surface area contributed by atoms with Crippen molar-refractivity contribution >= 4 is 5.91 Å². The lowest BCUT2D eigenvalue weighted by molar-refractivity contribution is 0.0677. The van der Waals surface area contributed by atoms with Crippen LogP contribution >= 0.6 is 0 Å². The van der Waals surface area contributed by atoms with Crippen molar-refractivity contribution in [2.45, 2.75) is 25.9 Å². The second kappa shape index (κ2) is 7.93. The van der Waals surface area contributed by atoms with Gasteiger partial charge >= 0.3 is 0 Å². The van der Waals surface area contributed by atoms with E-state index >= 15 is 0 Å². The van der Waals surface area contributed by atoms with Gasteiger partial charge in [0.05, 0.1) is 17.8 Å². The minimum atomic E-state index is -0.154. The number of aromatic amines is 1. The fourth-order valence-corrected chi connectivity index (χ4v) is 3.70. The summed E-state index contributed by atoms with van der Waals surface area (Å²) in [6.07, 6.45) is 4.17.